The lowest BCUT2D eigenvalue weighted by atomic mass is 9.84. The first-order valence-corrected chi connectivity index (χ1v) is 7.85. The number of carbonyl (C=O) groups excluding carboxylic acids is 1. The Labute approximate surface area is 124 Å². The van der Waals surface area contributed by atoms with E-state index in [0.717, 1.165) is 27.3 Å². The van der Waals surface area contributed by atoms with Crippen LogP contribution in [-0.2, 0) is 11.2 Å². The highest BCUT2D eigenvalue weighted by atomic mass is 32.2. The molecule has 0 spiro atoms. The van der Waals surface area contributed by atoms with E-state index in [-0.39, 0.29) is 11.2 Å². The Morgan fingerprint density at radius 3 is 2.50 bits per heavy atom. The Morgan fingerprint density at radius 1 is 1.00 bits per heavy atom. The Hall–Kier alpha value is -1.54. The Bertz CT molecular complexity index is 680. The van der Waals surface area contributed by atoms with E-state index >= 15 is 0 Å². The number of carbonyl (C=O) groups is 1. The van der Waals surface area contributed by atoms with Crippen molar-refractivity contribution in [3.63, 3.8) is 0 Å². The molecule has 0 aromatic heterocycles. The quantitative estimate of drug-likeness (QED) is 0.689. The molecule has 0 aliphatic carbocycles. The molecule has 1 aliphatic rings. The summed E-state index contributed by atoms with van der Waals surface area (Å²) in [6, 6.07) is 14.3. The van der Waals surface area contributed by atoms with E-state index in [2.05, 4.69) is 39.0 Å². The van der Waals surface area contributed by atoms with Gasteiger partial charge in [0.1, 0.15) is 0 Å². The Balaban J connectivity index is 2.16. The van der Waals surface area contributed by atoms with Gasteiger partial charge in [0.2, 0.25) is 0 Å². The van der Waals surface area contributed by atoms with E-state index in [1.807, 2.05) is 24.3 Å². The predicted molar refractivity (Wildman–Crippen MR) is 84.6 cm³/mol. The van der Waals surface area contributed by atoms with Crippen LogP contribution in [0.15, 0.2) is 47.4 Å². The average Bonchev–Trinajstić information content (AvgIpc) is 2.56. The van der Waals surface area contributed by atoms with Gasteiger partial charge in [-0.05, 0) is 34.7 Å². The normalized spacial score (nSPS) is 14.4. The minimum atomic E-state index is 0.0638. The van der Waals surface area contributed by atoms with Crippen molar-refractivity contribution in [2.45, 2.75) is 36.8 Å². The molecule has 1 aliphatic heterocycles. The van der Waals surface area contributed by atoms with Crippen LogP contribution >= 0.6 is 11.8 Å². The summed E-state index contributed by atoms with van der Waals surface area (Å²) < 4.78 is 0. The zero-order valence-corrected chi connectivity index (χ0v) is 12.9. The maximum atomic E-state index is 12.8. The topological polar surface area (TPSA) is 17.1 Å². The molecule has 3 rings (SSSR count). The van der Waals surface area contributed by atoms with Gasteiger partial charge in [0.15, 0.2) is 5.78 Å². The SMILES string of the molecule is CC(C)(C)c1ccc2c(c1)C(=O)c1ccccc1SC2. The Morgan fingerprint density at radius 2 is 1.75 bits per heavy atom. The number of thioether (sulfide) groups is 1. The van der Waals surface area contributed by atoms with Gasteiger partial charge in [-0.3, -0.25) is 4.79 Å². The van der Waals surface area contributed by atoms with Crippen molar-refractivity contribution in [3.05, 3.63) is 64.7 Å². The fraction of sp³-hybridized carbons (Fsp3) is 0.278. The fourth-order valence-electron chi connectivity index (χ4n) is 2.46. The van der Waals surface area contributed by atoms with Gasteiger partial charge in [0.05, 0.1) is 0 Å². The molecule has 1 nitrogen and oxygen atoms in total. The van der Waals surface area contributed by atoms with Crippen molar-refractivity contribution in [1.82, 2.24) is 0 Å². The van der Waals surface area contributed by atoms with Crippen LogP contribution in [0.2, 0.25) is 0 Å². The molecule has 2 aromatic carbocycles. The first kappa shape index (κ1) is 13.4. The van der Waals surface area contributed by atoms with Gasteiger partial charge in [0, 0.05) is 21.8 Å². The van der Waals surface area contributed by atoms with E-state index in [0.29, 0.717) is 0 Å². The summed E-state index contributed by atoms with van der Waals surface area (Å²) in [6.45, 7) is 6.54. The molecule has 2 aromatic rings. The monoisotopic (exact) mass is 282 g/mol. The van der Waals surface area contributed by atoms with Crippen LogP contribution < -0.4 is 0 Å². The minimum absolute atomic E-state index is 0.0638. The smallest absolute Gasteiger partial charge is 0.194 e. The average molecular weight is 282 g/mol. The summed E-state index contributed by atoms with van der Waals surface area (Å²) >= 11 is 1.75. The minimum Gasteiger partial charge on any atom is -0.289 e. The van der Waals surface area contributed by atoms with Crippen LogP contribution in [0.4, 0.5) is 0 Å². The van der Waals surface area contributed by atoms with Crippen molar-refractivity contribution in [2.75, 3.05) is 0 Å². The molecular weight excluding hydrogens is 264 g/mol. The van der Waals surface area contributed by atoms with Crippen molar-refractivity contribution >= 4 is 17.5 Å². The molecule has 0 bridgehead atoms. The number of fused-ring (bicyclic) bond motifs is 2. The second-order valence-electron chi connectivity index (χ2n) is 6.24. The third-order valence-corrected chi connectivity index (χ3v) is 4.86. The van der Waals surface area contributed by atoms with Crippen LogP contribution in [0, 0.1) is 0 Å². The highest BCUT2D eigenvalue weighted by molar-refractivity contribution is 7.98. The predicted octanol–water partition coefficient (Wildman–Crippen LogP) is 4.82. The van der Waals surface area contributed by atoms with Crippen molar-refractivity contribution in [1.29, 1.82) is 0 Å². The molecule has 0 saturated heterocycles. The zero-order chi connectivity index (χ0) is 14.3. The van der Waals surface area contributed by atoms with Crippen molar-refractivity contribution in [3.8, 4) is 0 Å². The lowest BCUT2D eigenvalue weighted by molar-refractivity contribution is 0.103. The van der Waals surface area contributed by atoms with Gasteiger partial charge < -0.3 is 0 Å². The van der Waals surface area contributed by atoms with Gasteiger partial charge in [-0.15, -0.1) is 11.8 Å². The molecule has 20 heavy (non-hydrogen) atoms. The molecule has 0 amide bonds. The number of hydrogen-bond acceptors (Lipinski definition) is 2. The highest BCUT2D eigenvalue weighted by Crippen LogP contribution is 2.35. The van der Waals surface area contributed by atoms with Crippen LogP contribution in [-0.4, -0.2) is 5.78 Å². The zero-order valence-electron chi connectivity index (χ0n) is 12.1. The van der Waals surface area contributed by atoms with E-state index < -0.39 is 0 Å². The van der Waals surface area contributed by atoms with Crippen LogP contribution in [0.1, 0.15) is 47.8 Å². The summed E-state index contributed by atoms with van der Waals surface area (Å²) in [5.74, 6) is 1.02. The van der Waals surface area contributed by atoms with Gasteiger partial charge >= 0.3 is 0 Å². The second kappa shape index (κ2) is 4.78. The van der Waals surface area contributed by atoms with E-state index in [4.69, 9.17) is 0 Å². The highest BCUT2D eigenvalue weighted by Gasteiger charge is 2.23. The number of hydrogen-bond donors (Lipinski definition) is 0. The number of rotatable bonds is 0. The standard InChI is InChI=1S/C18H18OS/c1-18(2,3)13-9-8-12-11-20-16-7-5-4-6-14(16)17(19)15(12)10-13/h4-10H,11H2,1-3H3. The van der Waals surface area contributed by atoms with Crippen molar-refractivity contribution < 1.29 is 4.79 Å². The first-order valence-electron chi connectivity index (χ1n) is 6.87. The van der Waals surface area contributed by atoms with Crippen molar-refractivity contribution in [2.24, 2.45) is 0 Å². The summed E-state index contributed by atoms with van der Waals surface area (Å²) in [5, 5.41) is 0. The maximum Gasteiger partial charge on any atom is 0.194 e. The molecule has 0 fully saturated rings. The first-order chi connectivity index (χ1) is 9.47. The third-order valence-electron chi connectivity index (χ3n) is 3.74. The molecule has 102 valence electrons. The number of benzene rings is 2. The Kier molecular flexibility index (Phi) is 3.21. The second-order valence-corrected chi connectivity index (χ2v) is 7.25. The number of ketones is 1. The van der Waals surface area contributed by atoms with E-state index in [1.165, 1.54) is 5.56 Å². The lowest BCUT2D eigenvalue weighted by Crippen LogP contribution is -2.13. The van der Waals surface area contributed by atoms with Crippen LogP contribution in [0.25, 0.3) is 0 Å². The van der Waals surface area contributed by atoms with Gasteiger partial charge in [0.25, 0.3) is 0 Å². The van der Waals surface area contributed by atoms with Gasteiger partial charge in [-0.25, -0.2) is 0 Å². The summed E-state index contributed by atoms with van der Waals surface area (Å²) in [4.78, 5) is 13.9. The molecule has 1 heterocycles. The molecule has 0 saturated carbocycles. The van der Waals surface area contributed by atoms with Gasteiger partial charge in [-0.1, -0.05) is 45.0 Å². The summed E-state index contributed by atoms with van der Waals surface area (Å²) in [5.41, 5.74) is 4.13. The summed E-state index contributed by atoms with van der Waals surface area (Å²) in [6.07, 6.45) is 0. The third kappa shape index (κ3) is 2.29. The largest absolute Gasteiger partial charge is 0.289 e. The van der Waals surface area contributed by atoms with E-state index in [1.54, 1.807) is 11.8 Å². The molecule has 2 heteroatoms. The van der Waals surface area contributed by atoms with Gasteiger partial charge in [-0.2, -0.15) is 0 Å². The molecular formula is C18H18OS. The van der Waals surface area contributed by atoms with E-state index in [9.17, 15) is 4.79 Å². The molecule has 0 atom stereocenters. The van der Waals surface area contributed by atoms with Crippen LogP contribution in [0.5, 0.6) is 0 Å². The summed E-state index contributed by atoms with van der Waals surface area (Å²) in [7, 11) is 0. The molecule has 0 radical (unpaired) electrons. The maximum absolute atomic E-state index is 12.8. The fourth-order valence-corrected chi connectivity index (χ4v) is 3.51. The lowest BCUT2D eigenvalue weighted by Gasteiger charge is -2.20. The molecule has 0 N–H and O–H groups in total. The van der Waals surface area contributed by atoms with Crippen LogP contribution in [0.3, 0.4) is 0 Å². The molecule has 0 unspecified atom stereocenters.